The molecular weight excluding hydrogens is 394 g/mol. The fraction of sp³-hybridized carbons (Fsp3) is 0.280. The van der Waals surface area contributed by atoms with E-state index in [1.54, 1.807) is 0 Å². The van der Waals surface area contributed by atoms with E-state index < -0.39 is 0 Å². The lowest BCUT2D eigenvalue weighted by Crippen LogP contribution is -2.23. The van der Waals surface area contributed by atoms with Gasteiger partial charge in [0.05, 0.1) is 11.7 Å². The molecule has 1 saturated heterocycles. The molecule has 4 nitrogen and oxygen atoms in total. The Morgan fingerprint density at radius 2 is 1.80 bits per heavy atom. The Morgan fingerprint density at radius 3 is 2.53 bits per heavy atom. The second kappa shape index (κ2) is 9.41. The van der Waals surface area contributed by atoms with Crippen molar-refractivity contribution in [3.8, 4) is 0 Å². The summed E-state index contributed by atoms with van der Waals surface area (Å²) in [7, 11) is 0. The number of benzene rings is 2. The van der Waals surface area contributed by atoms with Crippen LogP contribution in [-0.2, 0) is 17.8 Å². The first-order chi connectivity index (χ1) is 14.6. The fourth-order valence-corrected chi connectivity index (χ4v) is 4.20. The maximum absolute atomic E-state index is 11.2. The van der Waals surface area contributed by atoms with Gasteiger partial charge in [0.15, 0.2) is 0 Å². The number of nitrogens with one attached hydrogen (secondary N) is 1. The molecule has 2 heterocycles. The number of rotatable bonds is 6. The zero-order chi connectivity index (χ0) is 20.9. The number of carbonyl (C=O) groups excluding carboxylic acids is 1. The molecule has 1 aliphatic heterocycles. The van der Waals surface area contributed by atoms with E-state index in [4.69, 9.17) is 16.6 Å². The Kier molecular flexibility index (Phi) is 6.46. The van der Waals surface area contributed by atoms with Gasteiger partial charge in [-0.25, -0.2) is 0 Å². The van der Waals surface area contributed by atoms with Crippen molar-refractivity contribution < 1.29 is 4.79 Å². The minimum absolute atomic E-state index is 0.0492. The van der Waals surface area contributed by atoms with Crippen LogP contribution < -0.4 is 5.32 Å². The number of halogens is 1. The lowest BCUT2D eigenvalue weighted by atomic mass is 10.1. The van der Waals surface area contributed by atoms with Crippen molar-refractivity contribution >= 4 is 23.2 Å². The second-order valence-corrected chi connectivity index (χ2v) is 8.30. The molecule has 0 aliphatic carbocycles. The highest BCUT2D eigenvalue weighted by Gasteiger charge is 2.27. The Balaban J connectivity index is 1.45. The molecule has 5 heteroatoms. The van der Waals surface area contributed by atoms with E-state index in [2.05, 4.69) is 52.7 Å². The standard InChI is InChI=1S/C25H26ClN3O/c1-18(30)27-22-13-9-20(10-14-22)17-29-15-3-6-25(29)24-5-2-4-23(28-24)16-19-7-11-21(26)12-8-19/h2,4-5,7-14,25H,3,6,15-17H2,1H3,(H,27,30)/t25-/m0/s1. The molecule has 0 unspecified atom stereocenters. The third-order valence-electron chi connectivity index (χ3n) is 5.49. The number of nitrogens with zero attached hydrogens (tertiary/aromatic N) is 2. The maximum Gasteiger partial charge on any atom is 0.221 e. The number of hydrogen-bond donors (Lipinski definition) is 1. The quantitative estimate of drug-likeness (QED) is 0.563. The van der Waals surface area contributed by atoms with E-state index in [0.29, 0.717) is 6.04 Å². The van der Waals surface area contributed by atoms with Crippen LogP contribution in [0.1, 0.15) is 48.3 Å². The van der Waals surface area contributed by atoms with Gasteiger partial charge >= 0.3 is 0 Å². The van der Waals surface area contributed by atoms with Crippen LogP contribution in [0.4, 0.5) is 5.69 Å². The molecule has 1 aliphatic rings. The zero-order valence-corrected chi connectivity index (χ0v) is 17.9. The summed E-state index contributed by atoms with van der Waals surface area (Å²) in [4.78, 5) is 18.7. The normalized spacial score (nSPS) is 16.5. The van der Waals surface area contributed by atoms with Crippen molar-refractivity contribution in [3.05, 3.63) is 94.3 Å². The summed E-state index contributed by atoms with van der Waals surface area (Å²) in [6, 6.07) is 22.8. The van der Waals surface area contributed by atoms with Gasteiger partial charge < -0.3 is 5.32 Å². The van der Waals surface area contributed by atoms with Crippen LogP contribution in [0.5, 0.6) is 0 Å². The third kappa shape index (κ3) is 5.26. The smallest absolute Gasteiger partial charge is 0.221 e. The van der Waals surface area contributed by atoms with Gasteiger partial charge in [0.1, 0.15) is 0 Å². The van der Waals surface area contributed by atoms with E-state index >= 15 is 0 Å². The summed E-state index contributed by atoms with van der Waals surface area (Å²) in [5.74, 6) is -0.0492. The number of hydrogen-bond acceptors (Lipinski definition) is 3. The van der Waals surface area contributed by atoms with E-state index in [-0.39, 0.29) is 5.91 Å². The van der Waals surface area contributed by atoms with Gasteiger partial charge in [0.25, 0.3) is 0 Å². The van der Waals surface area contributed by atoms with Gasteiger partial charge in [-0.3, -0.25) is 14.7 Å². The summed E-state index contributed by atoms with van der Waals surface area (Å²) in [5.41, 5.74) is 5.52. The summed E-state index contributed by atoms with van der Waals surface area (Å²) in [5, 5.41) is 3.58. The largest absolute Gasteiger partial charge is 0.326 e. The summed E-state index contributed by atoms with van der Waals surface area (Å²) in [6.07, 6.45) is 3.11. The van der Waals surface area contributed by atoms with Gasteiger partial charge in [0.2, 0.25) is 5.91 Å². The topological polar surface area (TPSA) is 45.2 Å². The fourth-order valence-electron chi connectivity index (χ4n) is 4.08. The molecule has 4 rings (SSSR count). The highest BCUT2D eigenvalue weighted by molar-refractivity contribution is 6.30. The van der Waals surface area contributed by atoms with Gasteiger partial charge in [-0.05, 0) is 66.9 Å². The molecule has 1 N–H and O–H groups in total. The van der Waals surface area contributed by atoms with Gasteiger partial charge in [0, 0.05) is 36.3 Å². The summed E-state index contributed by atoms with van der Waals surface area (Å²) < 4.78 is 0. The molecular formula is C25H26ClN3O. The molecule has 1 aromatic heterocycles. The Labute approximate surface area is 182 Å². The number of likely N-dealkylation sites (tertiary alicyclic amines) is 1. The molecule has 154 valence electrons. The number of carbonyl (C=O) groups is 1. The highest BCUT2D eigenvalue weighted by atomic mass is 35.5. The van der Waals surface area contributed by atoms with Crippen LogP contribution in [0.3, 0.4) is 0 Å². The van der Waals surface area contributed by atoms with Gasteiger partial charge in [-0.15, -0.1) is 0 Å². The Morgan fingerprint density at radius 1 is 1.07 bits per heavy atom. The molecule has 1 amide bonds. The highest BCUT2D eigenvalue weighted by Crippen LogP contribution is 2.32. The summed E-state index contributed by atoms with van der Waals surface area (Å²) >= 11 is 6.00. The first-order valence-electron chi connectivity index (χ1n) is 10.4. The first-order valence-corrected chi connectivity index (χ1v) is 10.8. The van der Waals surface area contributed by atoms with Gasteiger partial charge in [-0.2, -0.15) is 0 Å². The van der Waals surface area contributed by atoms with Gasteiger partial charge in [-0.1, -0.05) is 41.9 Å². The van der Waals surface area contributed by atoms with Crippen molar-refractivity contribution in [1.82, 2.24) is 9.88 Å². The van der Waals surface area contributed by atoms with Crippen molar-refractivity contribution in [2.75, 3.05) is 11.9 Å². The Hall–Kier alpha value is -2.69. The molecule has 30 heavy (non-hydrogen) atoms. The first kappa shape index (κ1) is 20.6. The van der Waals surface area contributed by atoms with Crippen molar-refractivity contribution in [2.45, 2.75) is 38.8 Å². The molecule has 0 radical (unpaired) electrons. The summed E-state index contributed by atoms with van der Waals surface area (Å²) in [6.45, 7) is 3.48. The van der Waals surface area contributed by atoms with Crippen LogP contribution in [0.25, 0.3) is 0 Å². The van der Waals surface area contributed by atoms with E-state index in [1.807, 2.05) is 24.3 Å². The molecule has 1 fully saturated rings. The lowest BCUT2D eigenvalue weighted by molar-refractivity contribution is -0.114. The minimum Gasteiger partial charge on any atom is -0.326 e. The molecule has 0 saturated carbocycles. The van der Waals surface area contributed by atoms with Crippen molar-refractivity contribution in [3.63, 3.8) is 0 Å². The maximum atomic E-state index is 11.2. The SMILES string of the molecule is CC(=O)Nc1ccc(CN2CCC[C@H]2c2cccc(Cc3ccc(Cl)cc3)n2)cc1. The van der Waals surface area contributed by atoms with Crippen LogP contribution in [0.2, 0.25) is 5.02 Å². The number of anilines is 1. The zero-order valence-electron chi connectivity index (χ0n) is 17.1. The Bertz CT molecular complexity index is 1000. The monoisotopic (exact) mass is 419 g/mol. The van der Waals surface area contributed by atoms with Crippen molar-refractivity contribution in [1.29, 1.82) is 0 Å². The molecule has 0 bridgehead atoms. The third-order valence-corrected chi connectivity index (χ3v) is 5.74. The average molecular weight is 420 g/mol. The van der Waals surface area contributed by atoms with E-state index in [1.165, 1.54) is 24.5 Å². The number of aromatic nitrogens is 1. The van der Waals surface area contributed by atoms with E-state index in [9.17, 15) is 4.79 Å². The lowest BCUT2D eigenvalue weighted by Gasteiger charge is -2.24. The number of pyridine rings is 1. The molecule has 3 aromatic rings. The van der Waals surface area contributed by atoms with Crippen LogP contribution in [0, 0.1) is 0 Å². The van der Waals surface area contributed by atoms with Crippen LogP contribution in [0.15, 0.2) is 66.7 Å². The second-order valence-electron chi connectivity index (χ2n) is 7.86. The minimum atomic E-state index is -0.0492. The van der Waals surface area contributed by atoms with Crippen molar-refractivity contribution in [2.24, 2.45) is 0 Å². The molecule has 1 atom stereocenters. The van der Waals surface area contributed by atoms with Crippen LogP contribution >= 0.6 is 11.6 Å². The molecule has 0 spiro atoms. The van der Waals surface area contributed by atoms with Crippen LogP contribution in [-0.4, -0.2) is 22.3 Å². The molecule has 2 aromatic carbocycles. The predicted octanol–water partition coefficient (Wildman–Crippen LogP) is 5.62. The van der Waals surface area contributed by atoms with E-state index in [0.717, 1.165) is 48.0 Å². The number of amides is 1. The average Bonchev–Trinajstić information content (AvgIpc) is 3.19. The predicted molar refractivity (Wildman–Crippen MR) is 122 cm³/mol.